The molecule has 0 heterocycles. The van der Waals surface area contributed by atoms with Gasteiger partial charge in [0, 0.05) is 5.69 Å². The Balaban J connectivity index is 2.08. The Morgan fingerprint density at radius 2 is 1.87 bits per heavy atom. The fourth-order valence-corrected chi connectivity index (χ4v) is 2.42. The first kappa shape index (κ1) is 23.3. The van der Waals surface area contributed by atoms with Crippen LogP contribution >= 0.6 is 0 Å². The van der Waals surface area contributed by atoms with Crippen molar-refractivity contribution in [3.8, 4) is 17.6 Å². The van der Waals surface area contributed by atoms with Crippen molar-refractivity contribution in [3.63, 3.8) is 0 Å². The number of carbonyl (C=O) groups excluding carboxylic acids is 2. The first-order valence-electron chi connectivity index (χ1n) is 8.66. The molecule has 2 aromatic carbocycles. The van der Waals surface area contributed by atoms with Crippen LogP contribution in [0.1, 0.15) is 11.1 Å². The summed E-state index contributed by atoms with van der Waals surface area (Å²) in [6.07, 6.45) is -3.24. The van der Waals surface area contributed by atoms with Gasteiger partial charge in [0.05, 0.1) is 19.8 Å². The smallest absolute Gasteiger partial charge is 0.416 e. The van der Waals surface area contributed by atoms with Crippen molar-refractivity contribution in [2.45, 2.75) is 6.18 Å². The summed E-state index contributed by atoms with van der Waals surface area (Å²) in [5.74, 6) is -1.09. The van der Waals surface area contributed by atoms with Crippen LogP contribution in [0.2, 0.25) is 0 Å². The molecule has 0 aromatic heterocycles. The van der Waals surface area contributed by atoms with Gasteiger partial charge in [-0.2, -0.15) is 18.4 Å². The SMILES string of the molecule is COC(=O)/C(C#N)=C/c1ccc(OCC(=O)Nc2cccc(C(F)(F)F)c2)c(OC)c1. The number of rotatable bonds is 7. The van der Waals surface area contributed by atoms with E-state index in [-0.39, 0.29) is 22.8 Å². The van der Waals surface area contributed by atoms with Crippen LogP contribution in [0.5, 0.6) is 11.5 Å². The van der Waals surface area contributed by atoms with Crippen molar-refractivity contribution >= 4 is 23.6 Å². The minimum Gasteiger partial charge on any atom is -0.493 e. The van der Waals surface area contributed by atoms with E-state index in [9.17, 15) is 22.8 Å². The maximum Gasteiger partial charge on any atom is 0.416 e. The van der Waals surface area contributed by atoms with E-state index in [4.69, 9.17) is 14.7 Å². The van der Waals surface area contributed by atoms with Gasteiger partial charge in [-0.05, 0) is 42.0 Å². The molecule has 2 aromatic rings. The molecule has 0 saturated carbocycles. The third-order valence-corrected chi connectivity index (χ3v) is 3.86. The zero-order chi connectivity index (χ0) is 23.0. The highest BCUT2D eigenvalue weighted by atomic mass is 19.4. The predicted octanol–water partition coefficient (Wildman–Crippen LogP) is 3.81. The number of methoxy groups -OCH3 is 2. The summed E-state index contributed by atoms with van der Waals surface area (Å²) in [5.41, 5.74) is -0.693. The second-order valence-corrected chi connectivity index (χ2v) is 5.99. The van der Waals surface area contributed by atoms with E-state index in [1.165, 1.54) is 43.5 Å². The van der Waals surface area contributed by atoms with Crippen LogP contribution in [0.3, 0.4) is 0 Å². The second-order valence-electron chi connectivity index (χ2n) is 5.99. The van der Waals surface area contributed by atoms with E-state index in [1.54, 1.807) is 6.07 Å². The van der Waals surface area contributed by atoms with Crippen molar-refractivity contribution < 1.29 is 37.0 Å². The summed E-state index contributed by atoms with van der Waals surface area (Å²) in [6.45, 7) is -0.493. The minimum absolute atomic E-state index is 0.0253. The molecular weight excluding hydrogens is 417 g/mol. The summed E-state index contributed by atoms with van der Waals surface area (Å²) in [7, 11) is 2.50. The Labute approximate surface area is 175 Å². The molecular formula is C21H17F3N2O5. The number of nitrogens with one attached hydrogen (secondary N) is 1. The van der Waals surface area contributed by atoms with Gasteiger partial charge in [0.1, 0.15) is 11.6 Å². The molecule has 0 unspecified atom stereocenters. The summed E-state index contributed by atoms with van der Waals surface area (Å²) in [6, 6.07) is 10.4. The molecule has 0 bridgehead atoms. The average Bonchev–Trinajstić information content (AvgIpc) is 2.75. The third kappa shape index (κ3) is 6.50. The summed E-state index contributed by atoms with van der Waals surface area (Å²) >= 11 is 0. The molecule has 0 atom stereocenters. The van der Waals surface area contributed by atoms with Crippen LogP contribution in [0, 0.1) is 11.3 Å². The largest absolute Gasteiger partial charge is 0.493 e. The Morgan fingerprint density at radius 1 is 1.13 bits per heavy atom. The molecule has 0 fully saturated rings. The quantitative estimate of drug-likeness (QED) is 0.404. The monoisotopic (exact) mass is 434 g/mol. The molecule has 7 nitrogen and oxygen atoms in total. The summed E-state index contributed by atoms with van der Waals surface area (Å²) < 4.78 is 53.3. The van der Waals surface area contributed by atoms with E-state index < -0.39 is 30.2 Å². The molecule has 0 aliphatic rings. The van der Waals surface area contributed by atoms with Crippen LogP contribution < -0.4 is 14.8 Å². The highest BCUT2D eigenvalue weighted by molar-refractivity contribution is 5.97. The highest BCUT2D eigenvalue weighted by Crippen LogP contribution is 2.31. The van der Waals surface area contributed by atoms with Gasteiger partial charge in [0.25, 0.3) is 5.91 Å². The van der Waals surface area contributed by atoms with Gasteiger partial charge < -0.3 is 19.5 Å². The number of hydrogen-bond donors (Lipinski definition) is 1. The van der Waals surface area contributed by atoms with Crippen molar-refractivity contribution in [2.75, 3.05) is 26.1 Å². The number of nitriles is 1. The van der Waals surface area contributed by atoms with E-state index in [0.717, 1.165) is 19.2 Å². The number of anilines is 1. The minimum atomic E-state index is -4.53. The van der Waals surface area contributed by atoms with E-state index >= 15 is 0 Å². The van der Waals surface area contributed by atoms with Crippen molar-refractivity contribution in [2.24, 2.45) is 0 Å². The highest BCUT2D eigenvalue weighted by Gasteiger charge is 2.30. The fraction of sp³-hybridized carbons (Fsp3) is 0.190. The number of hydrogen-bond acceptors (Lipinski definition) is 6. The summed E-state index contributed by atoms with van der Waals surface area (Å²) in [4.78, 5) is 23.5. The molecule has 0 aliphatic carbocycles. The van der Waals surface area contributed by atoms with Gasteiger partial charge in [0.2, 0.25) is 0 Å². The standard InChI is InChI=1S/C21H17F3N2O5/c1-29-18-9-13(8-14(11-25)20(28)30-2)6-7-17(18)31-12-19(27)26-16-5-3-4-15(10-16)21(22,23)24/h3-10H,12H2,1-2H3,(H,26,27)/b14-8+. The number of ether oxygens (including phenoxy) is 3. The van der Waals surface area contributed by atoms with Crippen LogP contribution in [0.15, 0.2) is 48.0 Å². The van der Waals surface area contributed by atoms with Gasteiger partial charge in [0.15, 0.2) is 18.1 Å². The van der Waals surface area contributed by atoms with Gasteiger partial charge in [-0.1, -0.05) is 12.1 Å². The second kappa shape index (κ2) is 10.2. The number of halogens is 3. The number of esters is 1. The lowest BCUT2D eigenvalue weighted by atomic mass is 10.1. The molecule has 0 radical (unpaired) electrons. The Morgan fingerprint density at radius 3 is 2.48 bits per heavy atom. The van der Waals surface area contributed by atoms with Crippen LogP contribution in [-0.4, -0.2) is 32.7 Å². The number of alkyl halides is 3. The number of nitrogens with zero attached hydrogens (tertiary/aromatic N) is 1. The fourth-order valence-electron chi connectivity index (χ4n) is 2.42. The lowest BCUT2D eigenvalue weighted by molar-refractivity contribution is -0.137. The van der Waals surface area contributed by atoms with Gasteiger partial charge in [-0.15, -0.1) is 0 Å². The molecule has 0 aliphatic heterocycles. The lowest BCUT2D eigenvalue weighted by Gasteiger charge is -2.12. The first-order chi connectivity index (χ1) is 14.7. The molecule has 1 amide bonds. The molecule has 10 heteroatoms. The Hall–Kier alpha value is -4.00. The first-order valence-corrected chi connectivity index (χ1v) is 8.66. The molecule has 31 heavy (non-hydrogen) atoms. The number of carbonyl (C=O) groups is 2. The zero-order valence-corrected chi connectivity index (χ0v) is 16.4. The summed E-state index contributed by atoms with van der Waals surface area (Å²) in [5, 5.41) is 11.3. The number of amides is 1. The average molecular weight is 434 g/mol. The number of benzene rings is 2. The maximum absolute atomic E-state index is 12.8. The van der Waals surface area contributed by atoms with Crippen molar-refractivity contribution in [1.82, 2.24) is 0 Å². The van der Waals surface area contributed by atoms with Gasteiger partial charge >= 0.3 is 12.1 Å². The van der Waals surface area contributed by atoms with E-state index in [0.29, 0.717) is 5.56 Å². The topological polar surface area (TPSA) is 97.7 Å². The van der Waals surface area contributed by atoms with Crippen molar-refractivity contribution in [3.05, 3.63) is 59.2 Å². The third-order valence-electron chi connectivity index (χ3n) is 3.86. The van der Waals surface area contributed by atoms with Crippen LogP contribution in [-0.2, 0) is 20.5 Å². The van der Waals surface area contributed by atoms with E-state index in [2.05, 4.69) is 10.1 Å². The predicted molar refractivity (Wildman–Crippen MR) is 104 cm³/mol. The van der Waals surface area contributed by atoms with Crippen LogP contribution in [0.25, 0.3) is 6.08 Å². The Kier molecular flexibility index (Phi) is 7.63. The molecule has 2 rings (SSSR count). The zero-order valence-electron chi connectivity index (χ0n) is 16.4. The lowest BCUT2D eigenvalue weighted by Crippen LogP contribution is -2.20. The maximum atomic E-state index is 12.8. The molecule has 1 N–H and O–H groups in total. The normalized spacial score (nSPS) is 11.3. The van der Waals surface area contributed by atoms with E-state index in [1.807, 2.05) is 0 Å². The molecule has 162 valence electrons. The molecule has 0 spiro atoms. The molecule has 0 saturated heterocycles. The van der Waals surface area contributed by atoms with Gasteiger partial charge in [-0.25, -0.2) is 4.79 Å². The van der Waals surface area contributed by atoms with Gasteiger partial charge in [-0.3, -0.25) is 4.79 Å². The Bertz CT molecular complexity index is 1040. The van der Waals surface area contributed by atoms with Crippen LogP contribution in [0.4, 0.5) is 18.9 Å². The van der Waals surface area contributed by atoms with Crippen molar-refractivity contribution in [1.29, 1.82) is 5.26 Å².